The van der Waals surface area contributed by atoms with Crippen LogP contribution < -0.4 is 5.32 Å². The Hall–Kier alpha value is -0.250. The van der Waals surface area contributed by atoms with Crippen molar-refractivity contribution in [1.29, 1.82) is 0 Å². The summed E-state index contributed by atoms with van der Waals surface area (Å²) in [6.45, 7) is 8.96. The average Bonchev–Trinajstić information content (AvgIpc) is 2.21. The van der Waals surface area contributed by atoms with Crippen molar-refractivity contribution in [3.63, 3.8) is 0 Å². The van der Waals surface area contributed by atoms with Gasteiger partial charge in [0.15, 0.2) is 0 Å². The van der Waals surface area contributed by atoms with Gasteiger partial charge in [0.2, 0.25) is 0 Å². The lowest BCUT2D eigenvalue weighted by Gasteiger charge is -2.17. The van der Waals surface area contributed by atoms with Gasteiger partial charge in [-0.05, 0) is 72.9 Å². The van der Waals surface area contributed by atoms with Crippen LogP contribution in [0.25, 0.3) is 0 Å². The SMILES string of the molecule is Cc1ccc(NC(C)CCC(C)C)cc1I. The van der Waals surface area contributed by atoms with E-state index in [2.05, 4.69) is 73.8 Å². The summed E-state index contributed by atoms with van der Waals surface area (Å²) in [4.78, 5) is 0. The van der Waals surface area contributed by atoms with E-state index in [-0.39, 0.29) is 0 Å². The van der Waals surface area contributed by atoms with E-state index < -0.39 is 0 Å². The van der Waals surface area contributed by atoms with E-state index in [1.54, 1.807) is 0 Å². The molecule has 0 aliphatic rings. The van der Waals surface area contributed by atoms with Crippen LogP contribution in [-0.4, -0.2) is 6.04 Å². The number of benzene rings is 1. The Kier molecular flexibility index (Phi) is 5.59. The largest absolute Gasteiger partial charge is 0.383 e. The first kappa shape index (κ1) is 13.8. The van der Waals surface area contributed by atoms with Crippen LogP contribution in [0.1, 0.15) is 39.2 Å². The van der Waals surface area contributed by atoms with Crippen molar-refractivity contribution in [2.45, 2.75) is 46.6 Å². The van der Waals surface area contributed by atoms with E-state index in [1.165, 1.54) is 27.7 Å². The third kappa shape index (κ3) is 4.73. The Labute approximate surface area is 113 Å². The lowest BCUT2D eigenvalue weighted by molar-refractivity contribution is 0.528. The molecule has 0 spiro atoms. The van der Waals surface area contributed by atoms with Gasteiger partial charge in [0.1, 0.15) is 0 Å². The first-order valence-electron chi connectivity index (χ1n) is 6.01. The number of nitrogens with one attached hydrogen (secondary N) is 1. The van der Waals surface area contributed by atoms with Gasteiger partial charge in [-0.3, -0.25) is 0 Å². The summed E-state index contributed by atoms with van der Waals surface area (Å²) in [6, 6.07) is 7.13. The van der Waals surface area contributed by atoms with E-state index in [0.717, 1.165) is 5.92 Å². The molecule has 0 aromatic heterocycles. The Balaban J connectivity index is 2.49. The summed E-state index contributed by atoms with van der Waals surface area (Å²) in [5.74, 6) is 0.794. The van der Waals surface area contributed by atoms with Crippen LogP contribution in [0.4, 0.5) is 5.69 Å². The van der Waals surface area contributed by atoms with Crippen LogP contribution in [0, 0.1) is 16.4 Å². The molecular weight excluding hydrogens is 309 g/mol. The third-order valence-electron chi connectivity index (χ3n) is 2.76. The molecule has 1 rings (SSSR count). The molecule has 16 heavy (non-hydrogen) atoms. The van der Waals surface area contributed by atoms with Crippen LogP contribution in [-0.2, 0) is 0 Å². The number of hydrogen-bond donors (Lipinski definition) is 1. The zero-order valence-electron chi connectivity index (χ0n) is 10.7. The second kappa shape index (κ2) is 6.48. The van der Waals surface area contributed by atoms with Gasteiger partial charge < -0.3 is 5.32 Å². The minimum Gasteiger partial charge on any atom is -0.383 e. The smallest absolute Gasteiger partial charge is 0.0353 e. The average molecular weight is 331 g/mol. The van der Waals surface area contributed by atoms with Crippen molar-refractivity contribution < 1.29 is 0 Å². The predicted octanol–water partition coefficient (Wildman–Crippen LogP) is 4.84. The highest BCUT2D eigenvalue weighted by Gasteiger charge is 2.04. The first-order valence-corrected chi connectivity index (χ1v) is 7.09. The van der Waals surface area contributed by atoms with E-state index in [9.17, 15) is 0 Å². The van der Waals surface area contributed by atoms with Crippen molar-refractivity contribution in [1.82, 2.24) is 0 Å². The molecule has 2 heteroatoms. The number of hydrogen-bond acceptors (Lipinski definition) is 1. The van der Waals surface area contributed by atoms with Gasteiger partial charge in [-0.25, -0.2) is 0 Å². The standard InChI is InChI=1S/C14H22IN/c1-10(2)5-7-12(4)16-13-8-6-11(3)14(15)9-13/h6,8-10,12,16H,5,7H2,1-4H3. The molecule has 0 saturated carbocycles. The van der Waals surface area contributed by atoms with Gasteiger partial charge >= 0.3 is 0 Å². The molecule has 1 aromatic rings. The molecule has 1 nitrogen and oxygen atoms in total. The van der Waals surface area contributed by atoms with Gasteiger partial charge in [0, 0.05) is 15.3 Å². The van der Waals surface area contributed by atoms with Crippen LogP contribution in [0.3, 0.4) is 0 Å². The predicted molar refractivity (Wildman–Crippen MR) is 81.1 cm³/mol. The van der Waals surface area contributed by atoms with Gasteiger partial charge in [-0.1, -0.05) is 19.9 Å². The highest BCUT2D eigenvalue weighted by atomic mass is 127. The first-order chi connectivity index (χ1) is 7.49. The zero-order chi connectivity index (χ0) is 12.1. The zero-order valence-corrected chi connectivity index (χ0v) is 12.8. The molecule has 1 aromatic carbocycles. The minimum atomic E-state index is 0.556. The van der Waals surface area contributed by atoms with Gasteiger partial charge in [-0.15, -0.1) is 0 Å². The third-order valence-corrected chi connectivity index (χ3v) is 3.92. The summed E-state index contributed by atoms with van der Waals surface area (Å²) in [5, 5.41) is 3.56. The second-order valence-electron chi connectivity index (χ2n) is 4.98. The Morgan fingerprint density at radius 2 is 1.88 bits per heavy atom. The maximum atomic E-state index is 3.56. The molecule has 0 radical (unpaired) electrons. The summed E-state index contributed by atoms with van der Waals surface area (Å²) in [5.41, 5.74) is 2.59. The lowest BCUT2D eigenvalue weighted by atomic mass is 10.0. The van der Waals surface area contributed by atoms with E-state index >= 15 is 0 Å². The molecule has 1 unspecified atom stereocenters. The Morgan fingerprint density at radius 3 is 2.44 bits per heavy atom. The molecule has 0 saturated heterocycles. The van der Waals surface area contributed by atoms with E-state index in [1.807, 2.05) is 0 Å². The Bertz CT molecular complexity index is 334. The number of anilines is 1. The quantitative estimate of drug-likeness (QED) is 0.762. The van der Waals surface area contributed by atoms with Crippen LogP contribution in [0.2, 0.25) is 0 Å². The molecule has 0 bridgehead atoms. The number of halogens is 1. The highest BCUT2D eigenvalue weighted by molar-refractivity contribution is 14.1. The van der Waals surface area contributed by atoms with Crippen molar-refractivity contribution in [3.05, 3.63) is 27.3 Å². The van der Waals surface area contributed by atoms with Crippen LogP contribution in [0.15, 0.2) is 18.2 Å². The molecular formula is C14H22IN. The van der Waals surface area contributed by atoms with Crippen molar-refractivity contribution in [2.75, 3.05) is 5.32 Å². The molecule has 90 valence electrons. The molecule has 0 aliphatic heterocycles. The fourth-order valence-electron chi connectivity index (χ4n) is 1.62. The Morgan fingerprint density at radius 1 is 1.19 bits per heavy atom. The van der Waals surface area contributed by atoms with Crippen LogP contribution in [0.5, 0.6) is 0 Å². The normalized spacial score (nSPS) is 12.9. The molecule has 0 aliphatic carbocycles. The number of aryl methyl sites for hydroxylation is 1. The topological polar surface area (TPSA) is 12.0 Å². The fraction of sp³-hybridized carbons (Fsp3) is 0.571. The maximum Gasteiger partial charge on any atom is 0.0353 e. The maximum absolute atomic E-state index is 3.56. The molecule has 0 heterocycles. The minimum absolute atomic E-state index is 0.556. The summed E-state index contributed by atoms with van der Waals surface area (Å²) >= 11 is 2.39. The molecule has 1 N–H and O–H groups in total. The molecule has 0 amide bonds. The molecule has 1 atom stereocenters. The summed E-state index contributed by atoms with van der Waals surface area (Å²) in [7, 11) is 0. The number of rotatable bonds is 5. The van der Waals surface area contributed by atoms with E-state index in [0.29, 0.717) is 6.04 Å². The van der Waals surface area contributed by atoms with Gasteiger partial charge in [0.25, 0.3) is 0 Å². The van der Waals surface area contributed by atoms with Gasteiger partial charge in [0.05, 0.1) is 0 Å². The summed E-state index contributed by atoms with van der Waals surface area (Å²) in [6.07, 6.45) is 2.53. The van der Waals surface area contributed by atoms with Crippen molar-refractivity contribution in [2.24, 2.45) is 5.92 Å². The van der Waals surface area contributed by atoms with Crippen LogP contribution >= 0.6 is 22.6 Å². The molecule has 0 fully saturated rings. The van der Waals surface area contributed by atoms with Crippen molar-refractivity contribution in [3.8, 4) is 0 Å². The van der Waals surface area contributed by atoms with E-state index in [4.69, 9.17) is 0 Å². The van der Waals surface area contributed by atoms with Crippen molar-refractivity contribution >= 4 is 28.3 Å². The highest BCUT2D eigenvalue weighted by Crippen LogP contribution is 2.19. The monoisotopic (exact) mass is 331 g/mol. The second-order valence-corrected chi connectivity index (χ2v) is 6.14. The fourth-order valence-corrected chi connectivity index (χ4v) is 2.14. The lowest BCUT2D eigenvalue weighted by Crippen LogP contribution is -2.15. The van der Waals surface area contributed by atoms with Gasteiger partial charge in [-0.2, -0.15) is 0 Å². The summed E-state index contributed by atoms with van der Waals surface area (Å²) < 4.78 is 1.33.